The van der Waals surface area contributed by atoms with Crippen LogP contribution in [0.5, 0.6) is 0 Å². The Kier molecular flexibility index (Phi) is 3.39. The van der Waals surface area contributed by atoms with Gasteiger partial charge >= 0.3 is 5.97 Å². The first-order valence-electron chi connectivity index (χ1n) is 5.13. The number of anilines is 1. The summed E-state index contributed by atoms with van der Waals surface area (Å²) in [5.74, 6) is -0.910. The number of hydrogen-bond acceptors (Lipinski definition) is 4. The molecular weight excluding hydrogens is 236 g/mol. The maximum Gasteiger partial charge on any atom is 0.335 e. The molecule has 0 aliphatic rings. The van der Waals surface area contributed by atoms with Gasteiger partial charge in [0.05, 0.1) is 12.1 Å². The van der Waals surface area contributed by atoms with Crippen LogP contribution in [0.15, 0.2) is 30.5 Å². The van der Waals surface area contributed by atoms with Crippen molar-refractivity contribution < 1.29 is 9.90 Å². The first-order chi connectivity index (χ1) is 8.15. The van der Waals surface area contributed by atoms with E-state index in [1.165, 1.54) is 4.88 Å². The van der Waals surface area contributed by atoms with E-state index in [4.69, 9.17) is 5.11 Å². The van der Waals surface area contributed by atoms with Crippen molar-refractivity contribution in [3.63, 3.8) is 0 Å². The molecule has 5 heteroatoms. The number of aryl methyl sites for hydroxylation is 1. The number of aromatic carboxylic acids is 1. The molecule has 0 unspecified atom stereocenters. The Balaban J connectivity index is 1.97. The SMILES string of the molecule is Cc1cnc(CNc2ccc(C(=O)O)cc2)s1. The number of benzene rings is 1. The summed E-state index contributed by atoms with van der Waals surface area (Å²) in [7, 11) is 0. The number of nitrogens with one attached hydrogen (secondary N) is 1. The maximum atomic E-state index is 10.7. The number of carboxylic acid groups (broad SMARTS) is 1. The van der Waals surface area contributed by atoms with Gasteiger partial charge in [0.1, 0.15) is 5.01 Å². The molecule has 2 rings (SSSR count). The normalized spacial score (nSPS) is 10.2. The lowest BCUT2D eigenvalue weighted by molar-refractivity contribution is 0.0697. The van der Waals surface area contributed by atoms with E-state index in [1.54, 1.807) is 35.6 Å². The molecule has 0 spiro atoms. The molecular formula is C12H12N2O2S. The largest absolute Gasteiger partial charge is 0.478 e. The van der Waals surface area contributed by atoms with Crippen LogP contribution in [0.4, 0.5) is 5.69 Å². The molecule has 17 heavy (non-hydrogen) atoms. The molecule has 0 saturated heterocycles. The number of hydrogen-bond donors (Lipinski definition) is 2. The fourth-order valence-corrected chi connectivity index (χ4v) is 2.12. The number of carbonyl (C=O) groups is 1. The molecule has 88 valence electrons. The van der Waals surface area contributed by atoms with E-state index in [0.717, 1.165) is 10.7 Å². The monoisotopic (exact) mass is 248 g/mol. The number of rotatable bonds is 4. The average Bonchev–Trinajstić information content (AvgIpc) is 2.73. The van der Waals surface area contributed by atoms with Gasteiger partial charge in [-0.2, -0.15) is 0 Å². The molecule has 1 heterocycles. The zero-order valence-electron chi connectivity index (χ0n) is 9.30. The molecule has 2 aromatic rings. The first-order valence-corrected chi connectivity index (χ1v) is 5.95. The number of nitrogens with zero attached hydrogens (tertiary/aromatic N) is 1. The van der Waals surface area contributed by atoms with Crippen LogP contribution in [0.25, 0.3) is 0 Å². The highest BCUT2D eigenvalue weighted by atomic mass is 32.1. The Morgan fingerprint density at radius 3 is 2.65 bits per heavy atom. The van der Waals surface area contributed by atoms with Crippen molar-refractivity contribution >= 4 is 23.0 Å². The van der Waals surface area contributed by atoms with Crippen LogP contribution >= 0.6 is 11.3 Å². The van der Waals surface area contributed by atoms with E-state index in [0.29, 0.717) is 12.1 Å². The number of aromatic nitrogens is 1. The summed E-state index contributed by atoms with van der Waals surface area (Å²) in [4.78, 5) is 16.1. The summed E-state index contributed by atoms with van der Waals surface area (Å²) in [6.45, 7) is 2.67. The van der Waals surface area contributed by atoms with Crippen molar-refractivity contribution in [1.29, 1.82) is 0 Å². The zero-order chi connectivity index (χ0) is 12.3. The van der Waals surface area contributed by atoms with Crippen molar-refractivity contribution in [1.82, 2.24) is 4.98 Å². The summed E-state index contributed by atoms with van der Waals surface area (Å²) in [5, 5.41) is 13.0. The molecule has 0 radical (unpaired) electrons. The molecule has 0 aliphatic carbocycles. The highest BCUT2D eigenvalue weighted by molar-refractivity contribution is 7.11. The summed E-state index contributed by atoms with van der Waals surface area (Å²) in [6.07, 6.45) is 1.84. The van der Waals surface area contributed by atoms with Crippen LogP contribution < -0.4 is 5.32 Å². The van der Waals surface area contributed by atoms with Crippen LogP contribution in [-0.4, -0.2) is 16.1 Å². The van der Waals surface area contributed by atoms with Gasteiger partial charge in [0.2, 0.25) is 0 Å². The quantitative estimate of drug-likeness (QED) is 0.873. The second-order valence-electron chi connectivity index (χ2n) is 3.60. The lowest BCUT2D eigenvalue weighted by Crippen LogP contribution is -2.00. The Bertz CT molecular complexity index is 520. The van der Waals surface area contributed by atoms with Crippen molar-refractivity contribution in [3.8, 4) is 0 Å². The maximum absolute atomic E-state index is 10.7. The van der Waals surface area contributed by atoms with Gasteiger partial charge in [-0.3, -0.25) is 0 Å². The smallest absolute Gasteiger partial charge is 0.335 e. The zero-order valence-corrected chi connectivity index (χ0v) is 10.1. The third kappa shape index (κ3) is 3.04. The summed E-state index contributed by atoms with van der Waals surface area (Å²) < 4.78 is 0. The van der Waals surface area contributed by atoms with E-state index in [9.17, 15) is 4.79 Å². The summed E-state index contributed by atoms with van der Waals surface area (Å²) in [5.41, 5.74) is 1.18. The Morgan fingerprint density at radius 1 is 1.41 bits per heavy atom. The van der Waals surface area contributed by atoms with Crippen molar-refractivity contribution in [2.24, 2.45) is 0 Å². The third-order valence-electron chi connectivity index (χ3n) is 2.24. The molecule has 0 amide bonds. The van der Waals surface area contributed by atoms with Gasteiger partial charge in [-0.1, -0.05) is 0 Å². The van der Waals surface area contributed by atoms with Gasteiger partial charge in [-0.15, -0.1) is 11.3 Å². The molecule has 0 bridgehead atoms. The van der Waals surface area contributed by atoms with E-state index in [1.807, 2.05) is 13.1 Å². The standard InChI is InChI=1S/C12H12N2O2S/c1-8-6-14-11(17-8)7-13-10-4-2-9(3-5-10)12(15)16/h2-6,13H,7H2,1H3,(H,15,16). The summed E-state index contributed by atoms with van der Waals surface area (Å²) >= 11 is 1.65. The second-order valence-corrected chi connectivity index (χ2v) is 4.92. The fourth-order valence-electron chi connectivity index (χ4n) is 1.39. The highest BCUT2D eigenvalue weighted by Gasteiger charge is 2.02. The van der Waals surface area contributed by atoms with Crippen molar-refractivity contribution in [3.05, 3.63) is 45.9 Å². The predicted octanol–water partition coefficient (Wildman–Crippen LogP) is 2.76. The Labute approximate surface area is 103 Å². The minimum Gasteiger partial charge on any atom is -0.478 e. The molecule has 0 atom stereocenters. The van der Waals surface area contributed by atoms with Gasteiger partial charge in [-0.25, -0.2) is 9.78 Å². The van der Waals surface area contributed by atoms with E-state index >= 15 is 0 Å². The van der Waals surface area contributed by atoms with Crippen molar-refractivity contribution in [2.75, 3.05) is 5.32 Å². The van der Waals surface area contributed by atoms with Crippen LogP contribution in [0.2, 0.25) is 0 Å². The second kappa shape index (κ2) is 4.97. The average molecular weight is 248 g/mol. The highest BCUT2D eigenvalue weighted by Crippen LogP contribution is 2.14. The van der Waals surface area contributed by atoms with E-state index < -0.39 is 5.97 Å². The summed E-state index contributed by atoms with van der Waals surface area (Å²) in [6, 6.07) is 6.67. The molecule has 0 saturated carbocycles. The third-order valence-corrected chi connectivity index (χ3v) is 3.16. The molecule has 2 N–H and O–H groups in total. The van der Waals surface area contributed by atoms with E-state index in [-0.39, 0.29) is 0 Å². The van der Waals surface area contributed by atoms with E-state index in [2.05, 4.69) is 10.3 Å². The number of carboxylic acids is 1. The minimum absolute atomic E-state index is 0.292. The lowest BCUT2D eigenvalue weighted by Gasteiger charge is -2.04. The molecule has 1 aromatic heterocycles. The van der Waals surface area contributed by atoms with Gasteiger partial charge in [0.25, 0.3) is 0 Å². The van der Waals surface area contributed by atoms with Gasteiger partial charge in [-0.05, 0) is 31.2 Å². The Morgan fingerprint density at radius 2 is 2.12 bits per heavy atom. The molecule has 0 aliphatic heterocycles. The van der Waals surface area contributed by atoms with Crippen molar-refractivity contribution in [2.45, 2.75) is 13.5 Å². The Hall–Kier alpha value is -1.88. The lowest BCUT2D eigenvalue weighted by atomic mass is 10.2. The first kappa shape index (κ1) is 11.6. The van der Waals surface area contributed by atoms with Crippen LogP contribution in [-0.2, 0) is 6.54 Å². The van der Waals surface area contributed by atoms with Crippen LogP contribution in [0, 0.1) is 6.92 Å². The predicted molar refractivity (Wildman–Crippen MR) is 67.6 cm³/mol. The molecule has 1 aromatic carbocycles. The van der Waals surface area contributed by atoms with Gasteiger partial charge < -0.3 is 10.4 Å². The fraction of sp³-hybridized carbons (Fsp3) is 0.167. The van der Waals surface area contributed by atoms with Crippen LogP contribution in [0.1, 0.15) is 20.2 Å². The molecule has 0 fully saturated rings. The topological polar surface area (TPSA) is 62.2 Å². The molecule has 4 nitrogen and oxygen atoms in total. The van der Waals surface area contributed by atoms with Gasteiger partial charge in [0.15, 0.2) is 0 Å². The minimum atomic E-state index is -0.910. The van der Waals surface area contributed by atoms with Gasteiger partial charge in [0, 0.05) is 16.8 Å². The number of thiazole rings is 1. The van der Waals surface area contributed by atoms with Crippen LogP contribution in [0.3, 0.4) is 0 Å².